The van der Waals surface area contributed by atoms with E-state index in [-0.39, 0.29) is 12.2 Å². The summed E-state index contributed by atoms with van der Waals surface area (Å²) in [6.07, 6.45) is -1.26. The van der Waals surface area contributed by atoms with E-state index in [2.05, 4.69) is 4.98 Å². The maximum absolute atomic E-state index is 14.5. The summed E-state index contributed by atoms with van der Waals surface area (Å²) in [5, 5.41) is 18.9. The summed E-state index contributed by atoms with van der Waals surface area (Å²) >= 11 is 0. The van der Waals surface area contributed by atoms with Crippen LogP contribution in [0.25, 0.3) is 0 Å². The Balaban J connectivity index is 2.20. The summed E-state index contributed by atoms with van der Waals surface area (Å²) in [7, 11) is 1.27. The molecule has 1 aromatic heterocycles. The first-order chi connectivity index (χ1) is 8.93. The van der Waals surface area contributed by atoms with E-state index in [1.54, 1.807) is 0 Å². The molecule has 0 amide bonds. The van der Waals surface area contributed by atoms with Gasteiger partial charge in [0.15, 0.2) is 5.67 Å². The fourth-order valence-electron chi connectivity index (χ4n) is 2.16. The SMILES string of the molecule is BOC(CO)C(O)C1(F)C[C@H]1n1ccc(N)nc1=O. The molecule has 4 N–H and O–H groups in total. The molecule has 3 unspecified atom stereocenters. The van der Waals surface area contributed by atoms with Gasteiger partial charge in [-0.05, 0) is 6.07 Å². The first-order valence-corrected chi connectivity index (χ1v) is 5.79. The van der Waals surface area contributed by atoms with Crippen LogP contribution >= 0.6 is 0 Å². The Bertz CT molecular complexity index is 524. The standard InChI is InChI=1S/C10H15BFN3O4/c11-19-5(4-16)8(17)10(12)3-6(10)15-2-1-7(13)14-9(15)18/h1-2,5-6,8,16-17H,3-4,11H2,(H2,13,14,18)/t5?,6-,8?,10?/m1/s1. The number of aromatic nitrogens is 2. The maximum atomic E-state index is 14.5. The van der Waals surface area contributed by atoms with Gasteiger partial charge in [0.25, 0.3) is 8.05 Å². The second-order valence-electron chi connectivity index (χ2n) is 4.59. The lowest BCUT2D eigenvalue weighted by Crippen LogP contribution is -2.42. The van der Waals surface area contributed by atoms with E-state index in [1.165, 1.54) is 20.3 Å². The average Bonchev–Trinajstić information content (AvgIpc) is 3.04. The third-order valence-electron chi connectivity index (χ3n) is 3.41. The Hall–Kier alpha value is -1.45. The van der Waals surface area contributed by atoms with Crippen LogP contribution in [0.2, 0.25) is 0 Å². The summed E-state index contributed by atoms with van der Waals surface area (Å²) in [6.45, 7) is -0.509. The van der Waals surface area contributed by atoms with Crippen molar-refractivity contribution >= 4 is 13.9 Å². The highest BCUT2D eigenvalue weighted by molar-refractivity contribution is 5.98. The minimum atomic E-state index is -2.01. The van der Waals surface area contributed by atoms with Crippen LogP contribution in [-0.4, -0.2) is 52.3 Å². The number of nitrogens with two attached hydrogens (primary N) is 1. The molecule has 2 rings (SSSR count). The van der Waals surface area contributed by atoms with Gasteiger partial charge in [-0.15, -0.1) is 0 Å². The van der Waals surface area contributed by atoms with Crippen molar-refractivity contribution in [1.82, 2.24) is 9.55 Å². The van der Waals surface area contributed by atoms with Crippen LogP contribution in [0.5, 0.6) is 0 Å². The molecule has 104 valence electrons. The molecule has 0 bridgehead atoms. The van der Waals surface area contributed by atoms with Gasteiger partial charge in [-0.1, -0.05) is 0 Å². The van der Waals surface area contributed by atoms with Crippen LogP contribution in [0, 0.1) is 0 Å². The van der Waals surface area contributed by atoms with Gasteiger partial charge in [0.2, 0.25) is 0 Å². The molecular weight excluding hydrogens is 256 g/mol. The van der Waals surface area contributed by atoms with E-state index in [0.717, 1.165) is 4.57 Å². The highest BCUT2D eigenvalue weighted by atomic mass is 19.1. The fourth-order valence-corrected chi connectivity index (χ4v) is 2.16. The normalized spacial score (nSPS) is 28.9. The molecule has 0 spiro atoms. The van der Waals surface area contributed by atoms with Crippen molar-refractivity contribution in [2.45, 2.75) is 30.3 Å². The molecule has 1 aromatic rings. The smallest absolute Gasteiger partial charge is 0.349 e. The largest absolute Gasteiger partial charge is 0.436 e. The topological polar surface area (TPSA) is 111 Å². The molecular formula is C10H15BFN3O4. The highest BCUT2D eigenvalue weighted by Gasteiger charge is 2.63. The highest BCUT2D eigenvalue weighted by Crippen LogP contribution is 2.53. The van der Waals surface area contributed by atoms with Gasteiger partial charge in [-0.3, -0.25) is 4.57 Å². The van der Waals surface area contributed by atoms with E-state index >= 15 is 0 Å². The summed E-state index contributed by atoms with van der Waals surface area (Å²) in [4.78, 5) is 15.1. The number of aliphatic hydroxyl groups is 2. The third kappa shape index (κ3) is 2.36. The van der Waals surface area contributed by atoms with E-state index in [1.807, 2.05) is 0 Å². The van der Waals surface area contributed by atoms with Gasteiger partial charge in [0, 0.05) is 12.6 Å². The molecule has 1 aliphatic carbocycles. The molecule has 0 saturated heterocycles. The molecule has 19 heavy (non-hydrogen) atoms. The maximum Gasteiger partial charge on any atom is 0.349 e. The molecule has 7 nitrogen and oxygen atoms in total. The summed E-state index contributed by atoms with van der Waals surface area (Å²) in [5.41, 5.74) is 2.67. The Morgan fingerprint density at radius 1 is 1.79 bits per heavy atom. The van der Waals surface area contributed by atoms with Crippen LogP contribution in [-0.2, 0) is 4.65 Å². The summed E-state index contributed by atoms with van der Waals surface area (Å²) in [6, 6.07) is 0.555. The van der Waals surface area contributed by atoms with Gasteiger partial charge in [0.05, 0.1) is 18.8 Å². The first kappa shape index (κ1) is 14.0. The Morgan fingerprint density at radius 2 is 2.47 bits per heavy atom. The number of aliphatic hydroxyl groups excluding tert-OH is 2. The van der Waals surface area contributed by atoms with Crippen molar-refractivity contribution in [3.8, 4) is 0 Å². The lowest BCUT2D eigenvalue weighted by molar-refractivity contribution is -0.0503. The average molecular weight is 271 g/mol. The molecule has 0 aliphatic heterocycles. The quantitative estimate of drug-likeness (QED) is 0.522. The molecule has 1 heterocycles. The van der Waals surface area contributed by atoms with Crippen molar-refractivity contribution in [2.24, 2.45) is 0 Å². The van der Waals surface area contributed by atoms with Crippen molar-refractivity contribution in [3.05, 3.63) is 22.7 Å². The van der Waals surface area contributed by atoms with Gasteiger partial charge in [-0.25, -0.2) is 9.18 Å². The predicted octanol–water partition coefficient (Wildman–Crippen LogP) is -2.23. The Labute approximate surface area is 109 Å². The minimum absolute atomic E-state index is 0.0421. The Kier molecular flexibility index (Phi) is 3.61. The zero-order valence-electron chi connectivity index (χ0n) is 10.4. The number of alkyl halides is 1. The molecule has 9 heteroatoms. The number of rotatable bonds is 5. The number of anilines is 1. The molecule has 4 atom stereocenters. The predicted molar refractivity (Wildman–Crippen MR) is 66.9 cm³/mol. The molecule has 1 saturated carbocycles. The van der Waals surface area contributed by atoms with E-state index in [4.69, 9.17) is 15.5 Å². The molecule has 1 aliphatic rings. The monoisotopic (exact) mass is 271 g/mol. The van der Waals surface area contributed by atoms with Gasteiger partial charge < -0.3 is 20.6 Å². The minimum Gasteiger partial charge on any atom is -0.436 e. The van der Waals surface area contributed by atoms with Crippen LogP contribution < -0.4 is 11.4 Å². The van der Waals surface area contributed by atoms with Crippen molar-refractivity contribution in [3.63, 3.8) is 0 Å². The number of hydrogen-bond acceptors (Lipinski definition) is 6. The lowest BCUT2D eigenvalue weighted by atomic mass is 10.1. The van der Waals surface area contributed by atoms with Gasteiger partial charge in [0.1, 0.15) is 11.9 Å². The Morgan fingerprint density at radius 3 is 3.00 bits per heavy atom. The van der Waals surface area contributed by atoms with Crippen LogP contribution in [0.1, 0.15) is 12.5 Å². The second kappa shape index (κ2) is 4.91. The second-order valence-corrected chi connectivity index (χ2v) is 4.59. The molecule has 0 aromatic carbocycles. The number of nitrogen functional groups attached to an aromatic ring is 1. The van der Waals surface area contributed by atoms with Crippen LogP contribution in [0.3, 0.4) is 0 Å². The van der Waals surface area contributed by atoms with Crippen LogP contribution in [0.15, 0.2) is 17.1 Å². The number of halogens is 1. The van der Waals surface area contributed by atoms with Gasteiger partial charge >= 0.3 is 5.69 Å². The van der Waals surface area contributed by atoms with Crippen molar-refractivity contribution in [2.75, 3.05) is 12.3 Å². The summed E-state index contributed by atoms with van der Waals surface area (Å²) < 4.78 is 20.4. The first-order valence-electron chi connectivity index (χ1n) is 5.79. The van der Waals surface area contributed by atoms with Gasteiger partial charge in [-0.2, -0.15) is 4.98 Å². The lowest BCUT2D eigenvalue weighted by Gasteiger charge is -2.24. The number of hydrogen-bond donors (Lipinski definition) is 3. The zero-order chi connectivity index (χ0) is 14.2. The number of nitrogens with zero attached hydrogens (tertiary/aromatic N) is 2. The van der Waals surface area contributed by atoms with E-state index < -0.39 is 36.2 Å². The third-order valence-corrected chi connectivity index (χ3v) is 3.41. The molecule has 0 radical (unpaired) electrons. The summed E-state index contributed by atoms with van der Waals surface area (Å²) in [5.74, 6) is 0.0528. The fraction of sp³-hybridized carbons (Fsp3) is 0.600. The zero-order valence-corrected chi connectivity index (χ0v) is 10.4. The van der Waals surface area contributed by atoms with Crippen molar-refractivity contribution in [1.29, 1.82) is 0 Å². The molecule has 1 fully saturated rings. The van der Waals surface area contributed by atoms with Crippen molar-refractivity contribution < 1.29 is 19.3 Å². The van der Waals surface area contributed by atoms with E-state index in [9.17, 15) is 14.3 Å². The van der Waals surface area contributed by atoms with E-state index in [0.29, 0.717) is 0 Å². The van der Waals surface area contributed by atoms with Crippen LogP contribution in [0.4, 0.5) is 10.2 Å².